The van der Waals surface area contributed by atoms with Gasteiger partial charge in [0, 0.05) is 6.42 Å². The zero-order valence-corrected chi connectivity index (χ0v) is 16.2. The number of amides is 1. The van der Waals surface area contributed by atoms with E-state index in [1.54, 1.807) is 25.3 Å². The third-order valence-corrected chi connectivity index (χ3v) is 4.66. The van der Waals surface area contributed by atoms with Crippen LogP contribution >= 0.6 is 0 Å². The number of carbonyl (C=O) groups is 1. The number of nitrogens with one attached hydrogen (secondary N) is 1. The van der Waals surface area contributed by atoms with Crippen molar-refractivity contribution in [3.05, 3.63) is 64.5 Å². The molecule has 0 aromatic heterocycles. The first-order valence-electron chi connectivity index (χ1n) is 9.04. The Labute approximate surface area is 155 Å². The molecular weight excluding hydrogens is 329 g/mol. The van der Waals surface area contributed by atoms with Crippen LogP contribution in [0.4, 0.5) is 4.39 Å². The number of methoxy groups -OCH3 is 1. The molecule has 2 rings (SSSR count). The molecule has 2 aromatic carbocycles. The highest BCUT2D eigenvalue weighted by atomic mass is 19.1. The van der Waals surface area contributed by atoms with Crippen LogP contribution in [0.5, 0.6) is 5.75 Å². The Kier molecular flexibility index (Phi) is 6.78. The summed E-state index contributed by atoms with van der Waals surface area (Å²) in [4.78, 5) is 12.3. The molecule has 3 nitrogen and oxygen atoms in total. The van der Waals surface area contributed by atoms with Crippen LogP contribution in [0.2, 0.25) is 0 Å². The van der Waals surface area contributed by atoms with E-state index < -0.39 is 0 Å². The Balaban J connectivity index is 2.07. The fourth-order valence-electron chi connectivity index (χ4n) is 3.15. The van der Waals surface area contributed by atoms with Crippen LogP contribution in [0.1, 0.15) is 61.4 Å². The second-order valence-electron chi connectivity index (χ2n) is 6.99. The molecule has 0 aliphatic rings. The quantitative estimate of drug-likeness (QED) is 0.751. The van der Waals surface area contributed by atoms with Crippen molar-refractivity contribution in [2.24, 2.45) is 0 Å². The molecule has 0 saturated carbocycles. The van der Waals surface area contributed by atoms with E-state index in [9.17, 15) is 9.18 Å². The minimum absolute atomic E-state index is 0.0814. The maximum atomic E-state index is 13.7. The van der Waals surface area contributed by atoms with Crippen molar-refractivity contribution >= 4 is 5.91 Å². The van der Waals surface area contributed by atoms with Crippen molar-refractivity contribution in [2.45, 2.75) is 52.5 Å². The van der Waals surface area contributed by atoms with Gasteiger partial charge in [0.2, 0.25) is 5.91 Å². The lowest BCUT2D eigenvalue weighted by molar-refractivity contribution is -0.121. The van der Waals surface area contributed by atoms with Gasteiger partial charge in [-0.25, -0.2) is 4.39 Å². The standard InChI is InChI=1S/C22H28FNO2/c1-14(2)18-13-19(15(3)12-21(18)26-5)16(4)24-22(25)11-10-17-8-6-7-9-20(17)23/h6-9,12-14,16H,10-11H2,1-5H3,(H,24,25). The van der Waals surface area contributed by atoms with Crippen molar-refractivity contribution in [1.82, 2.24) is 5.32 Å². The first-order chi connectivity index (χ1) is 12.3. The van der Waals surface area contributed by atoms with E-state index in [1.807, 2.05) is 19.9 Å². The highest BCUT2D eigenvalue weighted by molar-refractivity contribution is 5.76. The van der Waals surface area contributed by atoms with Gasteiger partial charge in [-0.1, -0.05) is 32.0 Å². The predicted molar refractivity (Wildman–Crippen MR) is 103 cm³/mol. The van der Waals surface area contributed by atoms with Crippen LogP contribution in [0.3, 0.4) is 0 Å². The van der Waals surface area contributed by atoms with Crippen LogP contribution in [-0.2, 0) is 11.2 Å². The maximum Gasteiger partial charge on any atom is 0.220 e. The highest BCUT2D eigenvalue weighted by Crippen LogP contribution is 2.32. The fraction of sp³-hybridized carbons (Fsp3) is 0.409. The maximum absolute atomic E-state index is 13.7. The summed E-state index contributed by atoms with van der Waals surface area (Å²) in [5.41, 5.74) is 3.85. The van der Waals surface area contributed by atoms with Gasteiger partial charge in [-0.05, 0) is 66.6 Å². The molecule has 1 amide bonds. The summed E-state index contributed by atoms with van der Waals surface area (Å²) in [6.07, 6.45) is 0.654. The first-order valence-corrected chi connectivity index (χ1v) is 9.04. The van der Waals surface area contributed by atoms with E-state index in [2.05, 4.69) is 25.2 Å². The lowest BCUT2D eigenvalue weighted by Crippen LogP contribution is -2.27. The lowest BCUT2D eigenvalue weighted by atomic mass is 9.93. The number of rotatable bonds is 7. The summed E-state index contributed by atoms with van der Waals surface area (Å²) < 4.78 is 19.1. The van der Waals surface area contributed by atoms with Gasteiger partial charge in [-0.15, -0.1) is 0 Å². The number of hydrogen-bond acceptors (Lipinski definition) is 2. The van der Waals surface area contributed by atoms with Gasteiger partial charge in [0.15, 0.2) is 0 Å². The van der Waals surface area contributed by atoms with Crippen molar-refractivity contribution in [3.63, 3.8) is 0 Å². The molecule has 1 atom stereocenters. The Bertz CT molecular complexity index is 771. The fourth-order valence-corrected chi connectivity index (χ4v) is 3.15. The summed E-state index contributed by atoms with van der Waals surface area (Å²) in [5.74, 6) is 0.857. The lowest BCUT2D eigenvalue weighted by Gasteiger charge is -2.21. The van der Waals surface area contributed by atoms with Crippen LogP contribution in [-0.4, -0.2) is 13.0 Å². The van der Waals surface area contributed by atoms with Gasteiger partial charge in [0.1, 0.15) is 11.6 Å². The minimum Gasteiger partial charge on any atom is -0.496 e. The number of carbonyl (C=O) groups excluding carboxylic acids is 1. The average molecular weight is 357 g/mol. The van der Waals surface area contributed by atoms with E-state index in [0.717, 1.165) is 22.4 Å². The van der Waals surface area contributed by atoms with Crippen LogP contribution in [0.25, 0.3) is 0 Å². The normalized spacial score (nSPS) is 12.1. The van der Waals surface area contributed by atoms with Crippen LogP contribution in [0, 0.1) is 12.7 Å². The van der Waals surface area contributed by atoms with E-state index in [-0.39, 0.29) is 24.2 Å². The van der Waals surface area contributed by atoms with Gasteiger partial charge < -0.3 is 10.1 Å². The summed E-state index contributed by atoms with van der Waals surface area (Å²) in [6.45, 7) is 8.23. The third kappa shape index (κ3) is 4.84. The van der Waals surface area contributed by atoms with E-state index >= 15 is 0 Å². The molecule has 0 aliphatic carbocycles. The van der Waals surface area contributed by atoms with Gasteiger partial charge >= 0.3 is 0 Å². The van der Waals surface area contributed by atoms with E-state index in [4.69, 9.17) is 4.74 Å². The van der Waals surface area contributed by atoms with Gasteiger partial charge in [-0.2, -0.15) is 0 Å². The second-order valence-corrected chi connectivity index (χ2v) is 6.99. The summed E-state index contributed by atoms with van der Waals surface area (Å²) in [5, 5.41) is 3.03. The molecule has 2 aromatic rings. The van der Waals surface area contributed by atoms with Gasteiger partial charge in [0.25, 0.3) is 0 Å². The number of benzene rings is 2. The zero-order valence-electron chi connectivity index (χ0n) is 16.2. The summed E-state index contributed by atoms with van der Waals surface area (Å²) in [7, 11) is 1.67. The Hall–Kier alpha value is -2.36. The predicted octanol–water partition coefficient (Wildman–Crippen LogP) is 5.08. The SMILES string of the molecule is COc1cc(C)c(C(C)NC(=O)CCc2ccccc2F)cc1C(C)C. The largest absolute Gasteiger partial charge is 0.496 e. The average Bonchev–Trinajstić information content (AvgIpc) is 2.60. The molecule has 0 heterocycles. The van der Waals surface area contributed by atoms with Crippen molar-refractivity contribution in [2.75, 3.05) is 7.11 Å². The Morgan fingerprint density at radius 2 is 1.85 bits per heavy atom. The van der Waals surface area contributed by atoms with Crippen molar-refractivity contribution in [3.8, 4) is 5.75 Å². The molecule has 0 aliphatic heterocycles. The zero-order chi connectivity index (χ0) is 19.3. The van der Waals surface area contributed by atoms with Gasteiger partial charge in [-0.3, -0.25) is 4.79 Å². The summed E-state index contributed by atoms with van der Waals surface area (Å²) in [6, 6.07) is 10.6. The second kappa shape index (κ2) is 8.84. The molecule has 0 radical (unpaired) electrons. The van der Waals surface area contributed by atoms with Crippen LogP contribution in [0.15, 0.2) is 36.4 Å². The van der Waals surface area contributed by atoms with Crippen molar-refractivity contribution < 1.29 is 13.9 Å². The molecule has 0 saturated heterocycles. The molecule has 0 spiro atoms. The highest BCUT2D eigenvalue weighted by Gasteiger charge is 2.17. The van der Waals surface area contributed by atoms with Crippen molar-refractivity contribution in [1.29, 1.82) is 0 Å². The number of aryl methyl sites for hydroxylation is 2. The first kappa shape index (κ1) is 20.0. The Morgan fingerprint density at radius 3 is 2.46 bits per heavy atom. The molecule has 26 heavy (non-hydrogen) atoms. The van der Waals surface area contributed by atoms with Gasteiger partial charge in [0.05, 0.1) is 13.2 Å². The molecule has 1 N–H and O–H groups in total. The molecule has 0 bridgehead atoms. The monoisotopic (exact) mass is 357 g/mol. The number of ether oxygens (including phenoxy) is 1. The topological polar surface area (TPSA) is 38.3 Å². The molecule has 140 valence electrons. The summed E-state index contributed by atoms with van der Waals surface area (Å²) >= 11 is 0. The number of hydrogen-bond donors (Lipinski definition) is 1. The Morgan fingerprint density at radius 1 is 1.15 bits per heavy atom. The third-order valence-electron chi connectivity index (χ3n) is 4.66. The number of halogens is 1. The molecular formula is C22H28FNO2. The smallest absolute Gasteiger partial charge is 0.220 e. The molecule has 4 heteroatoms. The minimum atomic E-state index is -0.263. The van der Waals surface area contributed by atoms with E-state index in [0.29, 0.717) is 17.9 Å². The van der Waals surface area contributed by atoms with E-state index in [1.165, 1.54) is 6.07 Å². The molecule has 1 unspecified atom stereocenters. The molecule has 0 fully saturated rings. The van der Waals surface area contributed by atoms with Crippen LogP contribution < -0.4 is 10.1 Å².